The summed E-state index contributed by atoms with van der Waals surface area (Å²) in [6.45, 7) is 1.53. The summed E-state index contributed by atoms with van der Waals surface area (Å²) >= 11 is 0. The first-order valence-electron chi connectivity index (χ1n) is 7.68. The lowest BCUT2D eigenvalue weighted by Crippen LogP contribution is -2.08. The van der Waals surface area contributed by atoms with E-state index < -0.39 is 0 Å². The number of hydrogen-bond donors (Lipinski definition) is 2. The maximum atomic E-state index is 5.08. The molecule has 0 unspecified atom stereocenters. The van der Waals surface area contributed by atoms with E-state index in [0.717, 1.165) is 42.0 Å². The maximum absolute atomic E-state index is 5.08. The summed E-state index contributed by atoms with van der Waals surface area (Å²) in [6.07, 6.45) is 0.927. The SMILES string of the molecule is COCCCNc1nc(Nc2ccccc2)nc2ccccc12. The van der Waals surface area contributed by atoms with E-state index in [2.05, 4.69) is 20.6 Å². The molecule has 3 aromatic rings. The highest BCUT2D eigenvalue weighted by atomic mass is 16.5. The van der Waals surface area contributed by atoms with E-state index in [1.165, 1.54) is 0 Å². The van der Waals surface area contributed by atoms with E-state index in [1.807, 2.05) is 54.6 Å². The second-order valence-corrected chi connectivity index (χ2v) is 5.18. The van der Waals surface area contributed by atoms with Crippen molar-refractivity contribution >= 4 is 28.4 Å². The maximum Gasteiger partial charge on any atom is 0.229 e. The molecular weight excluding hydrogens is 288 g/mol. The van der Waals surface area contributed by atoms with Crippen LogP contribution in [-0.4, -0.2) is 30.2 Å². The van der Waals surface area contributed by atoms with Gasteiger partial charge in [0.05, 0.1) is 5.52 Å². The van der Waals surface area contributed by atoms with Crippen molar-refractivity contribution in [2.24, 2.45) is 0 Å². The number of aromatic nitrogens is 2. The van der Waals surface area contributed by atoms with Gasteiger partial charge in [-0.05, 0) is 30.7 Å². The normalized spacial score (nSPS) is 10.7. The van der Waals surface area contributed by atoms with Crippen LogP contribution in [0.2, 0.25) is 0 Å². The van der Waals surface area contributed by atoms with Gasteiger partial charge in [0.2, 0.25) is 5.95 Å². The number of anilines is 3. The topological polar surface area (TPSA) is 59.1 Å². The Morgan fingerprint density at radius 1 is 0.957 bits per heavy atom. The average Bonchev–Trinajstić information content (AvgIpc) is 2.59. The van der Waals surface area contributed by atoms with Crippen LogP contribution in [0.25, 0.3) is 10.9 Å². The third kappa shape index (κ3) is 3.96. The van der Waals surface area contributed by atoms with Gasteiger partial charge in [0.15, 0.2) is 0 Å². The first-order valence-corrected chi connectivity index (χ1v) is 7.68. The van der Waals surface area contributed by atoms with Crippen LogP contribution in [0, 0.1) is 0 Å². The number of nitrogens with zero attached hydrogens (tertiary/aromatic N) is 2. The Kier molecular flexibility index (Phi) is 5.01. The fourth-order valence-electron chi connectivity index (χ4n) is 2.34. The molecule has 0 radical (unpaired) electrons. The summed E-state index contributed by atoms with van der Waals surface area (Å²) in [5.41, 5.74) is 1.88. The van der Waals surface area contributed by atoms with Gasteiger partial charge < -0.3 is 15.4 Å². The molecule has 118 valence electrons. The van der Waals surface area contributed by atoms with Crippen molar-refractivity contribution in [3.8, 4) is 0 Å². The van der Waals surface area contributed by atoms with E-state index in [4.69, 9.17) is 4.74 Å². The molecule has 3 rings (SSSR count). The first-order chi connectivity index (χ1) is 11.4. The van der Waals surface area contributed by atoms with E-state index in [0.29, 0.717) is 5.95 Å². The Morgan fingerprint density at radius 2 is 1.74 bits per heavy atom. The molecule has 0 atom stereocenters. The molecule has 0 aliphatic heterocycles. The van der Waals surface area contributed by atoms with Crippen molar-refractivity contribution in [3.05, 3.63) is 54.6 Å². The van der Waals surface area contributed by atoms with Crippen LogP contribution in [0.4, 0.5) is 17.5 Å². The highest BCUT2D eigenvalue weighted by Crippen LogP contribution is 2.23. The Morgan fingerprint density at radius 3 is 2.57 bits per heavy atom. The van der Waals surface area contributed by atoms with Crippen LogP contribution in [0.15, 0.2) is 54.6 Å². The van der Waals surface area contributed by atoms with Gasteiger partial charge in [0.25, 0.3) is 0 Å². The lowest BCUT2D eigenvalue weighted by atomic mass is 10.2. The summed E-state index contributed by atoms with van der Waals surface area (Å²) in [4.78, 5) is 9.21. The van der Waals surface area contributed by atoms with Gasteiger partial charge in [0, 0.05) is 31.3 Å². The molecule has 1 aromatic heterocycles. The summed E-state index contributed by atoms with van der Waals surface area (Å²) in [6, 6.07) is 17.9. The smallest absolute Gasteiger partial charge is 0.229 e. The van der Waals surface area contributed by atoms with Gasteiger partial charge in [-0.2, -0.15) is 4.98 Å². The van der Waals surface area contributed by atoms with Crippen molar-refractivity contribution in [3.63, 3.8) is 0 Å². The van der Waals surface area contributed by atoms with Crippen LogP contribution in [0.3, 0.4) is 0 Å². The lowest BCUT2D eigenvalue weighted by molar-refractivity contribution is 0.198. The predicted molar refractivity (Wildman–Crippen MR) is 94.2 cm³/mol. The molecule has 5 heteroatoms. The van der Waals surface area contributed by atoms with Gasteiger partial charge in [-0.15, -0.1) is 0 Å². The Balaban J connectivity index is 1.87. The van der Waals surface area contributed by atoms with E-state index >= 15 is 0 Å². The summed E-state index contributed by atoms with van der Waals surface area (Å²) in [5, 5.41) is 7.65. The van der Waals surface area contributed by atoms with Crippen molar-refractivity contribution in [1.29, 1.82) is 0 Å². The van der Waals surface area contributed by atoms with Crippen molar-refractivity contribution in [1.82, 2.24) is 9.97 Å². The zero-order valence-corrected chi connectivity index (χ0v) is 13.1. The zero-order valence-electron chi connectivity index (χ0n) is 13.1. The molecule has 2 N–H and O–H groups in total. The highest BCUT2D eigenvalue weighted by molar-refractivity contribution is 5.90. The van der Waals surface area contributed by atoms with E-state index in [9.17, 15) is 0 Å². The predicted octanol–water partition coefficient (Wildman–Crippen LogP) is 3.82. The second-order valence-electron chi connectivity index (χ2n) is 5.18. The minimum Gasteiger partial charge on any atom is -0.385 e. The van der Waals surface area contributed by atoms with Crippen LogP contribution in [-0.2, 0) is 4.74 Å². The summed E-state index contributed by atoms with van der Waals surface area (Å²) in [5.74, 6) is 1.43. The number of rotatable bonds is 7. The fraction of sp³-hybridized carbons (Fsp3) is 0.222. The largest absolute Gasteiger partial charge is 0.385 e. The van der Waals surface area contributed by atoms with Gasteiger partial charge in [-0.25, -0.2) is 4.98 Å². The molecule has 0 saturated carbocycles. The molecule has 0 bridgehead atoms. The number of nitrogens with one attached hydrogen (secondary N) is 2. The van der Waals surface area contributed by atoms with E-state index in [-0.39, 0.29) is 0 Å². The summed E-state index contributed by atoms with van der Waals surface area (Å²) in [7, 11) is 1.71. The monoisotopic (exact) mass is 308 g/mol. The van der Waals surface area contributed by atoms with Gasteiger partial charge in [0.1, 0.15) is 5.82 Å². The summed E-state index contributed by atoms with van der Waals surface area (Å²) < 4.78 is 5.08. The Hall–Kier alpha value is -2.66. The van der Waals surface area contributed by atoms with Crippen molar-refractivity contribution in [2.75, 3.05) is 30.9 Å². The number of hydrogen-bond acceptors (Lipinski definition) is 5. The minimum absolute atomic E-state index is 0.587. The Labute approximate surface area is 135 Å². The number of fused-ring (bicyclic) bond motifs is 1. The van der Waals surface area contributed by atoms with Crippen LogP contribution >= 0.6 is 0 Å². The number of methoxy groups -OCH3 is 1. The quantitative estimate of drug-likeness (QED) is 0.650. The minimum atomic E-state index is 0.587. The molecular formula is C18H20N4O. The van der Waals surface area contributed by atoms with Crippen LogP contribution in [0.5, 0.6) is 0 Å². The molecule has 0 spiro atoms. The molecule has 0 aliphatic rings. The third-order valence-electron chi connectivity index (χ3n) is 3.45. The van der Waals surface area contributed by atoms with Crippen molar-refractivity contribution in [2.45, 2.75) is 6.42 Å². The number of para-hydroxylation sites is 2. The molecule has 5 nitrogen and oxygen atoms in total. The number of benzene rings is 2. The Bertz CT molecular complexity index is 761. The van der Waals surface area contributed by atoms with E-state index in [1.54, 1.807) is 7.11 Å². The highest BCUT2D eigenvalue weighted by Gasteiger charge is 2.07. The molecule has 2 aromatic carbocycles. The zero-order chi connectivity index (χ0) is 15.9. The molecule has 0 saturated heterocycles. The van der Waals surface area contributed by atoms with Crippen molar-refractivity contribution < 1.29 is 4.74 Å². The molecule has 0 amide bonds. The van der Waals surface area contributed by atoms with Crippen LogP contribution in [0.1, 0.15) is 6.42 Å². The second kappa shape index (κ2) is 7.56. The van der Waals surface area contributed by atoms with Crippen LogP contribution < -0.4 is 10.6 Å². The first kappa shape index (κ1) is 15.2. The lowest BCUT2D eigenvalue weighted by Gasteiger charge is -2.11. The molecule has 23 heavy (non-hydrogen) atoms. The average molecular weight is 308 g/mol. The number of ether oxygens (including phenoxy) is 1. The standard InChI is InChI=1S/C18H20N4O/c1-23-13-7-12-19-17-15-10-5-6-11-16(15)21-18(22-17)20-14-8-3-2-4-9-14/h2-6,8-11H,7,12-13H2,1H3,(H2,19,20,21,22). The third-order valence-corrected chi connectivity index (χ3v) is 3.45. The molecule has 0 fully saturated rings. The van der Waals surface area contributed by atoms with Gasteiger partial charge in [-0.1, -0.05) is 30.3 Å². The fourth-order valence-corrected chi connectivity index (χ4v) is 2.34. The van der Waals surface area contributed by atoms with Gasteiger partial charge in [-0.3, -0.25) is 0 Å². The molecule has 1 heterocycles. The van der Waals surface area contributed by atoms with Gasteiger partial charge >= 0.3 is 0 Å². The molecule has 0 aliphatic carbocycles.